The molecule has 0 aromatic heterocycles. The predicted molar refractivity (Wildman–Crippen MR) is 385 cm³/mol. The van der Waals surface area contributed by atoms with Crippen LogP contribution in [0.2, 0.25) is 0 Å². The molecule has 4 aliphatic heterocycles. The van der Waals surface area contributed by atoms with Gasteiger partial charge in [0.15, 0.2) is 49.6 Å². The van der Waals surface area contributed by atoms with Gasteiger partial charge < -0.3 is 37.9 Å². The smallest absolute Gasteiger partial charge is 0.347 e. The Kier molecular flexibility index (Phi) is 34.5. The van der Waals surface area contributed by atoms with Crippen LogP contribution in [0.25, 0.3) is 0 Å². The molecule has 8 aliphatic rings. The van der Waals surface area contributed by atoms with E-state index in [1.54, 1.807) is 0 Å². The normalized spacial score (nSPS) is 37.1. The summed E-state index contributed by atoms with van der Waals surface area (Å²) in [6.45, 7) is 2.20. The minimum absolute atomic E-state index is 0.00149. The second-order valence-corrected chi connectivity index (χ2v) is 44.2. The lowest BCUT2D eigenvalue weighted by molar-refractivity contribution is -0.380. The summed E-state index contributed by atoms with van der Waals surface area (Å²) in [5.74, 6) is 1.91. The zero-order chi connectivity index (χ0) is 93.8. The highest BCUT2D eigenvalue weighted by atomic mass is 32.3. The summed E-state index contributed by atoms with van der Waals surface area (Å²) in [7, 11) is -83.6. The van der Waals surface area contributed by atoms with Gasteiger partial charge in [0.1, 0.15) is 73.2 Å². The quantitative estimate of drug-likeness (QED) is 0.0208. The lowest BCUT2D eigenvalue weighted by Crippen LogP contribution is -2.69. The molecule has 0 aromatic carbocycles. The van der Waals surface area contributed by atoms with Gasteiger partial charge in [0.25, 0.3) is 0 Å². The van der Waals surface area contributed by atoms with Crippen molar-refractivity contribution in [1.82, 2.24) is 0 Å². The van der Waals surface area contributed by atoms with E-state index in [1.165, 1.54) is 0 Å². The van der Waals surface area contributed by atoms with Crippen molar-refractivity contribution in [2.24, 2.45) is 52.3 Å². The molecule has 8 fully saturated rings. The largest absolute Gasteiger partial charge is 0.397 e. The topological polar surface area (TPSA) is 901 Å². The molecule has 8 rings (SSSR count). The summed E-state index contributed by atoms with van der Waals surface area (Å²) in [6, 6.07) is 0. The third-order valence-electron chi connectivity index (χ3n) is 22.0. The Morgan fingerprint density at radius 2 is 0.573 bits per heavy atom. The SMILES string of the molecule is CC(C)CCC[C@@H](C)[C@H]1CC[C@H]2[C@@H]3CC[C@H]4C[C@@H](O[C@@H]5O[C@H](COS(=O)(=O)O)[C@@H](O[C@H]6O[C@H](COS(=O)(=O)O)[C@@H](O[C@H]7O[C@H](COS(=O)(=O)O)[C@@H](O[C@H]8O[C@H](COS(=O)(=O)O)[C@@H](OS(=O)(=O)O)[C@H](OS(=O)(=O)O)[C@H]8OS(=O)(=O)O)[C@H](OS(=O)(=O)O)[C@H]7OS(=O)(=O)O)[C@H](OS(=O)(=O)O)[C@H]6OS(=O)(=O)O)[C@H](OS(=O)(=O)O)[C@H]5OS(=O)(=O)O)CC[C@]4(C)[C@H]3CC[C@]12C. The summed E-state index contributed by atoms with van der Waals surface area (Å²) in [4.78, 5) is 0. The third-order valence-corrected chi connectivity index (χ3v) is 27.9. The highest BCUT2D eigenvalue weighted by Crippen LogP contribution is 2.69. The Bertz CT molecular complexity index is 5310. The van der Waals surface area contributed by atoms with Gasteiger partial charge in [-0.3, -0.25) is 59.2 Å². The Labute approximate surface area is 710 Å². The highest BCUT2D eigenvalue weighted by molar-refractivity contribution is 7.83. The molecule has 0 radical (unpaired) electrons. The van der Waals surface area contributed by atoms with Crippen LogP contribution < -0.4 is 0 Å². The Morgan fingerprint density at radius 3 is 0.879 bits per heavy atom. The van der Waals surface area contributed by atoms with Crippen LogP contribution in [0, 0.1) is 52.3 Å². The minimum Gasteiger partial charge on any atom is -0.347 e. The van der Waals surface area contributed by atoms with Crippen molar-refractivity contribution >= 4 is 135 Å². The summed E-state index contributed by atoms with van der Waals surface area (Å²) in [5.41, 5.74) is -0.420. The molecular formula is C51H88O60S13. The molecule has 73 heteroatoms. The van der Waals surface area contributed by atoms with Crippen molar-refractivity contribution in [1.29, 1.82) is 0 Å². The van der Waals surface area contributed by atoms with Crippen molar-refractivity contribution in [2.75, 3.05) is 26.4 Å². The Morgan fingerprint density at radius 1 is 0.298 bits per heavy atom. The molecule has 4 saturated carbocycles. The van der Waals surface area contributed by atoms with Crippen LogP contribution in [0.4, 0.5) is 0 Å². The van der Waals surface area contributed by atoms with Crippen molar-refractivity contribution in [3.8, 4) is 0 Å². The number of hydrogen-bond acceptors (Lipinski definition) is 47. The zero-order valence-electron chi connectivity index (χ0n) is 63.8. The summed E-state index contributed by atoms with van der Waals surface area (Å²) in [5, 5.41) is 0. The molecule has 4 saturated heterocycles. The first-order valence-electron chi connectivity index (χ1n) is 35.6. The van der Waals surface area contributed by atoms with Gasteiger partial charge in [-0.15, -0.1) is 0 Å². The van der Waals surface area contributed by atoms with Crippen molar-refractivity contribution in [3.05, 3.63) is 0 Å². The molecular weight excluding hydrogens is 1990 g/mol. The standard InChI is InChI=1S/C51H88O60S13/c1-22(2)7-6-8-23(3)27-11-12-28-26-10-9-24-17-25(13-15-50(24,4)29(26)14-16-51(27,28)5)95-46-42(108-121(79,80)81)38(104-117(67,68)69)34(30(96-46)18-91-112(52,53)54)100-47-43(109-122(82,83)84)39(105-118(70,71)72)35(31(97-47)19-92-113(55,56)57)101-48-44(110-123(85,86)87)40(106-119(73,74)75)36(32(98-48)20-93-114(58,59)60)102-49-45(111-124(88,89)90)41(107-120(76,77)78)37(103-116(64,65)66)33(99-49)21-94-115(61,62)63/h22-49H,6-21H2,1-5H3,(H,52,53,54)(H,55,56,57)(H,58,59,60)(H,61,62,63)(H,64,65,66)(H,67,68,69)(H,70,71,72)(H,73,74,75)(H,76,77,78)(H,79,80,81)(H,82,83,84)(H,85,86,87)(H,88,89,90)/t23-,24+,25+,26+,27-,28+,29+,30-,31-,32-,33-,34-,35-,36-,37-,38+,39+,40+,41+,42-,43-,44-,45-,46-,47-,48-,49-,50+,51-/m1/s1. The van der Waals surface area contributed by atoms with Gasteiger partial charge in [0, 0.05) is 0 Å². The lowest BCUT2D eigenvalue weighted by Gasteiger charge is -2.61. The fourth-order valence-electron chi connectivity index (χ4n) is 17.8. The maximum absolute atomic E-state index is 13.2. The van der Waals surface area contributed by atoms with Crippen molar-refractivity contribution < 1.29 is 261 Å². The molecule has 0 aromatic rings. The lowest BCUT2D eigenvalue weighted by atomic mass is 9.44. The molecule has 0 bridgehead atoms. The van der Waals surface area contributed by atoms with Gasteiger partial charge in [0.05, 0.1) is 32.5 Å². The van der Waals surface area contributed by atoms with Crippen LogP contribution >= 0.6 is 0 Å². The maximum atomic E-state index is 13.2. The van der Waals surface area contributed by atoms with E-state index in [9.17, 15) is 169 Å². The van der Waals surface area contributed by atoms with Gasteiger partial charge in [-0.1, -0.05) is 53.9 Å². The third kappa shape index (κ3) is 31.8. The second kappa shape index (κ2) is 39.9. The number of hydrogen-bond donors (Lipinski definition) is 13. The van der Waals surface area contributed by atoms with E-state index in [2.05, 4.69) is 80.6 Å². The minimum atomic E-state index is -6.78. The van der Waals surface area contributed by atoms with Gasteiger partial charge in [0.2, 0.25) is 0 Å². The van der Waals surface area contributed by atoms with E-state index in [-0.39, 0.29) is 36.0 Å². The van der Waals surface area contributed by atoms with Crippen LogP contribution in [-0.2, 0) is 227 Å². The summed E-state index contributed by atoms with van der Waals surface area (Å²) in [6.07, 6.45) is -63.1. The van der Waals surface area contributed by atoms with Crippen molar-refractivity contribution in [2.45, 2.75) is 241 Å². The van der Waals surface area contributed by atoms with Crippen LogP contribution in [0.15, 0.2) is 0 Å². The summed E-state index contributed by atoms with van der Waals surface area (Å²) >= 11 is 0. The molecule has 13 N–H and O–H groups in total. The summed E-state index contributed by atoms with van der Waals surface area (Å²) < 4.78 is 562. The van der Waals surface area contributed by atoms with E-state index in [4.69, 9.17) is 46.3 Å². The zero-order valence-corrected chi connectivity index (χ0v) is 74.4. The Balaban J connectivity index is 1.25. The van der Waals surface area contributed by atoms with E-state index in [0.29, 0.717) is 42.9 Å². The molecule has 0 amide bonds. The first-order chi connectivity index (χ1) is 55.9. The monoisotopic (exact) mass is 2080 g/mol. The van der Waals surface area contributed by atoms with Gasteiger partial charge in [-0.05, 0) is 110 Å². The molecule has 730 valence electrons. The molecule has 29 atom stereocenters. The van der Waals surface area contributed by atoms with E-state index < -0.39 is 296 Å². The van der Waals surface area contributed by atoms with Gasteiger partial charge in [-0.2, -0.15) is 109 Å². The van der Waals surface area contributed by atoms with Crippen LogP contribution in [0.3, 0.4) is 0 Å². The van der Waals surface area contributed by atoms with E-state index >= 15 is 0 Å². The maximum Gasteiger partial charge on any atom is 0.397 e. The van der Waals surface area contributed by atoms with Crippen LogP contribution in [0.1, 0.15) is 112 Å². The fraction of sp³-hybridized carbons (Fsp3) is 1.00. The van der Waals surface area contributed by atoms with Crippen LogP contribution in [-0.4, -0.2) is 324 Å². The number of rotatable bonds is 43. The molecule has 60 nitrogen and oxygen atoms in total. The fourth-order valence-corrected chi connectivity index (χ4v) is 23.5. The van der Waals surface area contributed by atoms with E-state index in [0.717, 1.165) is 44.9 Å². The van der Waals surface area contributed by atoms with Gasteiger partial charge >= 0.3 is 135 Å². The average molecular weight is 2080 g/mol. The van der Waals surface area contributed by atoms with Crippen molar-refractivity contribution in [3.63, 3.8) is 0 Å². The van der Waals surface area contributed by atoms with Crippen LogP contribution in [0.5, 0.6) is 0 Å². The first kappa shape index (κ1) is 107. The second-order valence-electron chi connectivity index (χ2n) is 30.4. The molecule has 0 unspecified atom stereocenters. The number of ether oxygens (including phenoxy) is 8. The molecule has 0 spiro atoms. The van der Waals surface area contributed by atoms with E-state index in [1.807, 2.05) is 0 Å². The van der Waals surface area contributed by atoms with Gasteiger partial charge in [-0.25, -0.2) is 54.4 Å². The first-order valence-corrected chi connectivity index (χ1v) is 53.3. The molecule has 4 aliphatic carbocycles. The average Bonchev–Trinajstić information content (AvgIpc) is 1.47. The Hall–Kier alpha value is -2.01. The molecule has 124 heavy (non-hydrogen) atoms. The molecule has 4 heterocycles. The highest BCUT2D eigenvalue weighted by Gasteiger charge is 2.66. The predicted octanol–water partition coefficient (Wildman–Crippen LogP) is -3.48. The number of fused-ring (bicyclic) bond motifs is 5.